The third-order valence-corrected chi connectivity index (χ3v) is 4.42. The molecule has 0 amide bonds. The zero-order valence-corrected chi connectivity index (χ0v) is 14.7. The number of para-hydroxylation sites is 1. The number of hydrogen-bond acceptors (Lipinski definition) is 0. The Balaban J connectivity index is 2.00. The first kappa shape index (κ1) is 7.42. The van der Waals surface area contributed by atoms with Crippen molar-refractivity contribution in [3.8, 4) is 16.8 Å². The quantitative estimate of drug-likeness (QED) is 0.290. The smallest absolute Gasteiger partial charge is 0.0657 e. The van der Waals surface area contributed by atoms with Crippen molar-refractivity contribution in [1.82, 2.24) is 4.57 Å². The molecule has 124 valence electrons. The van der Waals surface area contributed by atoms with Crippen LogP contribution in [0.25, 0.3) is 38.6 Å². The van der Waals surface area contributed by atoms with E-state index in [2.05, 4.69) is 15.9 Å². The molecule has 0 saturated carbocycles. The Morgan fingerprint density at radius 3 is 2.38 bits per heavy atom. The second-order valence-corrected chi connectivity index (χ2v) is 6.31. The summed E-state index contributed by atoms with van der Waals surface area (Å²) in [6, 6.07) is 1.15. The van der Waals surface area contributed by atoms with Gasteiger partial charge in [-0.3, -0.25) is 0 Å². The summed E-state index contributed by atoms with van der Waals surface area (Å²) in [5.41, 5.74) is 0.533. The first-order valence-corrected chi connectivity index (χ1v) is 8.47. The van der Waals surface area contributed by atoms with Gasteiger partial charge in [0.2, 0.25) is 0 Å². The minimum atomic E-state index is -0.531. The summed E-state index contributed by atoms with van der Waals surface area (Å²) in [4.78, 5) is 0. The average molecular weight is 410 g/mol. The second kappa shape index (κ2) is 6.15. The molecule has 5 aromatic rings. The van der Waals surface area contributed by atoms with Gasteiger partial charge in [-0.05, 0) is 41.4 Å². The Kier molecular flexibility index (Phi) is 1.75. The molecule has 26 heavy (non-hydrogen) atoms. The number of aromatic nitrogens is 1. The molecule has 0 N–H and O–H groups in total. The predicted octanol–water partition coefficient (Wildman–Crippen LogP) is 7.21. The fourth-order valence-electron chi connectivity index (χ4n) is 2.94. The molecule has 1 heterocycles. The van der Waals surface area contributed by atoms with E-state index in [1.807, 2.05) is 0 Å². The summed E-state index contributed by atoms with van der Waals surface area (Å²) in [6.07, 6.45) is 0. The Bertz CT molecular complexity index is 1750. The van der Waals surface area contributed by atoms with E-state index >= 15 is 0 Å². The van der Waals surface area contributed by atoms with Crippen LogP contribution in [0.4, 0.5) is 0 Å². The van der Waals surface area contributed by atoms with E-state index in [9.17, 15) is 0 Å². The van der Waals surface area contributed by atoms with Crippen molar-refractivity contribution in [2.24, 2.45) is 0 Å². The molecular formula is C24H16BrN. The Morgan fingerprint density at radius 1 is 0.731 bits per heavy atom. The van der Waals surface area contributed by atoms with Crippen LogP contribution >= 0.6 is 15.9 Å². The lowest BCUT2D eigenvalue weighted by Gasteiger charge is -2.10. The van der Waals surface area contributed by atoms with E-state index in [-0.39, 0.29) is 61.2 Å². The SMILES string of the molecule is [2H]c1c([2H])c([2H])c(-c2cccc(-n3c4c([2H])c([2H])c([2H])c([2H])c4c4c([2H])c([2H])c(Br)c([2H])c43)c2)c([2H])c1[2H]. The highest BCUT2D eigenvalue weighted by atomic mass is 79.9. The molecule has 0 aliphatic carbocycles. The largest absolute Gasteiger partial charge is 0.309 e. The summed E-state index contributed by atoms with van der Waals surface area (Å²) in [5, 5.41) is -0.00266. The van der Waals surface area contributed by atoms with Crippen molar-refractivity contribution in [2.75, 3.05) is 0 Å². The van der Waals surface area contributed by atoms with Crippen molar-refractivity contribution >= 4 is 37.7 Å². The van der Waals surface area contributed by atoms with Gasteiger partial charge < -0.3 is 4.57 Å². The van der Waals surface area contributed by atoms with Crippen LogP contribution in [0.15, 0.2) is 101 Å². The van der Waals surface area contributed by atoms with Gasteiger partial charge in [0.25, 0.3) is 0 Å². The number of hydrogen-bond donors (Lipinski definition) is 0. The first-order valence-electron chi connectivity index (χ1n) is 13.7. The zero-order valence-electron chi connectivity index (χ0n) is 25.1. The lowest BCUT2D eigenvalue weighted by Crippen LogP contribution is -1.94. The number of fused-ring (bicyclic) bond motifs is 3. The summed E-state index contributed by atoms with van der Waals surface area (Å²) in [5.74, 6) is 0. The normalized spacial score (nSPS) is 17.7. The van der Waals surface area contributed by atoms with Gasteiger partial charge in [-0.2, -0.15) is 0 Å². The molecule has 4 aromatic carbocycles. The van der Waals surface area contributed by atoms with E-state index < -0.39 is 54.4 Å². The van der Waals surface area contributed by atoms with Gasteiger partial charge in [0.05, 0.1) is 27.5 Å². The minimum Gasteiger partial charge on any atom is -0.309 e. The van der Waals surface area contributed by atoms with Crippen molar-refractivity contribution < 1.29 is 16.4 Å². The lowest BCUT2D eigenvalue weighted by atomic mass is 10.1. The molecule has 0 atom stereocenters. The third-order valence-electron chi connectivity index (χ3n) is 4.02. The fourth-order valence-corrected chi connectivity index (χ4v) is 3.23. The second-order valence-electron chi connectivity index (χ2n) is 5.52. The monoisotopic (exact) mass is 409 g/mol. The van der Waals surface area contributed by atoms with E-state index in [0.717, 1.165) is 0 Å². The number of benzene rings is 4. The number of nitrogens with zero attached hydrogens (tertiary/aromatic N) is 1. The van der Waals surface area contributed by atoms with Crippen molar-refractivity contribution in [2.45, 2.75) is 0 Å². The molecule has 2 heteroatoms. The molecule has 0 saturated heterocycles. The molecule has 0 radical (unpaired) electrons. The van der Waals surface area contributed by atoms with Crippen LogP contribution in [0.2, 0.25) is 0 Å². The van der Waals surface area contributed by atoms with Crippen LogP contribution < -0.4 is 0 Å². The Labute approximate surface area is 177 Å². The van der Waals surface area contributed by atoms with Gasteiger partial charge in [0.1, 0.15) is 0 Å². The maximum absolute atomic E-state index is 8.74. The summed E-state index contributed by atoms with van der Waals surface area (Å²) in [7, 11) is 0. The molecular weight excluding hydrogens is 382 g/mol. The van der Waals surface area contributed by atoms with E-state index in [1.54, 1.807) is 18.2 Å². The average Bonchev–Trinajstić information content (AvgIpc) is 3.27. The molecule has 0 bridgehead atoms. The molecule has 0 aliphatic heterocycles. The van der Waals surface area contributed by atoms with Gasteiger partial charge >= 0.3 is 0 Å². The highest BCUT2D eigenvalue weighted by Gasteiger charge is 2.12. The molecule has 0 unspecified atom stereocenters. The summed E-state index contributed by atoms with van der Waals surface area (Å²) in [6.45, 7) is 0. The van der Waals surface area contributed by atoms with Crippen LogP contribution in [0.1, 0.15) is 16.4 Å². The molecule has 0 spiro atoms. The summed E-state index contributed by atoms with van der Waals surface area (Å²) >= 11 is 3.19. The van der Waals surface area contributed by atoms with Gasteiger partial charge in [0, 0.05) is 20.9 Å². The van der Waals surface area contributed by atoms with Gasteiger partial charge in [-0.1, -0.05) is 82.4 Å². The van der Waals surface area contributed by atoms with Crippen molar-refractivity contribution in [1.29, 1.82) is 0 Å². The van der Waals surface area contributed by atoms with Crippen LogP contribution in [0.5, 0.6) is 0 Å². The third kappa shape index (κ3) is 2.46. The molecule has 1 aromatic heterocycles. The van der Waals surface area contributed by atoms with Crippen LogP contribution in [-0.2, 0) is 0 Å². The minimum absolute atomic E-state index is 0.0103. The number of rotatable bonds is 2. The highest BCUT2D eigenvalue weighted by molar-refractivity contribution is 9.10. The van der Waals surface area contributed by atoms with E-state index in [4.69, 9.17) is 16.4 Å². The molecule has 0 aliphatic rings. The fraction of sp³-hybridized carbons (Fsp3) is 0. The van der Waals surface area contributed by atoms with Crippen LogP contribution in [0.3, 0.4) is 0 Å². The topological polar surface area (TPSA) is 4.93 Å². The maximum atomic E-state index is 8.74. The van der Waals surface area contributed by atoms with Gasteiger partial charge in [-0.15, -0.1) is 0 Å². The lowest BCUT2D eigenvalue weighted by molar-refractivity contribution is 1.18. The number of halogens is 1. The predicted molar refractivity (Wildman–Crippen MR) is 114 cm³/mol. The highest BCUT2D eigenvalue weighted by Crippen LogP contribution is 2.34. The molecule has 5 rings (SSSR count). The van der Waals surface area contributed by atoms with Gasteiger partial charge in [-0.25, -0.2) is 0 Å². The van der Waals surface area contributed by atoms with Crippen LogP contribution in [0, 0.1) is 0 Å². The van der Waals surface area contributed by atoms with Crippen molar-refractivity contribution in [3.63, 3.8) is 0 Å². The first-order chi connectivity index (χ1) is 17.8. The Morgan fingerprint density at radius 2 is 1.50 bits per heavy atom. The van der Waals surface area contributed by atoms with E-state index in [1.165, 1.54) is 10.6 Å². The maximum Gasteiger partial charge on any atom is 0.0657 e. The Hall–Kier alpha value is -2.84. The molecule has 0 fully saturated rings. The van der Waals surface area contributed by atoms with Crippen molar-refractivity contribution in [3.05, 3.63) is 101 Å². The van der Waals surface area contributed by atoms with Crippen LogP contribution in [-0.4, -0.2) is 4.57 Å². The van der Waals surface area contributed by atoms with E-state index in [0.29, 0.717) is 0 Å². The molecule has 1 nitrogen and oxygen atoms in total. The van der Waals surface area contributed by atoms with Gasteiger partial charge in [0.15, 0.2) is 0 Å². The standard InChI is InChI=1S/C24H16BrN/c25-19-13-14-22-21-11-4-5-12-23(21)26(24(22)16-19)20-10-6-9-18(15-20)17-7-2-1-3-8-17/h1-16H/i1D,2D,3D,4D,5D,7D,8D,11D,12D,13D,14D,16D. The summed E-state index contributed by atoms with van der Waals surface area (Å²) < 4.78 is 101. The zero-order chi connectivity index (χ0) is 28.0.